The SMILES string of the molecule is Cc1cc(N)nc(/C=C/c2cc(CCN(C)C)cc(F)c2F)c1.Cl.Cl. The predicted octanol–water partition coefficient (Wildman–Crippen LogP) is 4.37. The van der Waals surface area contributed by atoms with E-state index in [4.69, 9.17) is 5.73 Å². The van der Waals surface area contributed by atoms with Gasteiger partial charge in [-0.05, 0) is 75.0 Å². The molecule has 0 radical (unpaired) electrons. The summed E-state index contributed by atoms with van der Waals surface area (Å²) in [5.41, 5.74) is 8.23. The van der Waals surface area contributed by atoms with Crippen LogP contribution in [0.4, 0.5) is 14.6 Å². The van der Waals surface area contributed by atoms with Crippen molar-refractivity contribution < 1.29 is 8.78 Å². The normalized spacial score (nSPS) is 10.6. The van der Waals surface area contributed by atoms with Crippen LogP contribution in [0.1, 0.15) is 22.4 Å². The van der Waals surface area contributed by atoms with Crippen molar-refractivity contribution in [1.82, 2.24) is 9.88 Å². The second-order valence-corrected chi connectivity index (χ2v) is 5.86. The summed E-state index contributed by atoms with van der Waals surface area (Å²) in [4.78, 5) is 6.15. The molecule has 3 nitrogen and oxygen atoms in total. The summed E-state index contributed by atoms with van der Waals surface area (Å²) in [5.74, 6) is -1.29. The summed E-state index contributed by atoms with van der Waals surface area (Å²) in [6.07, 6.45) is 3.82. The second kappa shape index (κ2) is 10.3. The van der Waals surface area contributed by atoms with Crippen molar-refractivity contribution in [2.45, 2.75) is 13.3 Å². The topological polar surface area (TPSA) is 42.1 Å². The average Bonchev–Trinajstić information content (AvgIpc) is 2.46. The summed E-state index contributed by atoms with van der Waals surface area (Å²) in [6, 6.07) is 6.49. The van der Waals surface area contributed by atoms with Gasteiger partial charge in [0.1, 0.15) is 5.82 Å². The molecule has 1 aromatic heterocycles. The van der Waals surface area contributed by atoms with E-state index in [0.717, 1.165) is 17.7 Å². The first kappa shape index (κ1) is 23.3. The number of likely N-dealkylation sites (N-methyl/N-ethyl adjacent to an activating group) is 1. The molecule has 0 amide bonds. The van der Waals surface area contributed by atoms with E-state index in [1.165, 1.54) is 12.1 Å². The Morgan fingerprint density at radius 1 is 1.08 bits per heavy atom. The summed E-state index contributed by atoms with van der Waals surface area (Å²) in [6.45, 7) is 2.67. The fourth-order valence-electron chi connectivity index (χ4n) is 2.27. The van der Waals surface area contributed by atoms with E-state index in [1.807, 2.05) is 32.0 Å². The van der Waals surface area contributed by atoms with Gasteiger partial charge in [-0.1, -0.05) is 0 Å². The lowest BCUT2D eigenvalue weighted by molar-refractivity contribution is 0.412. The summed E-state index contributed by atoms with van der Waals surface area (Å²) < 4.78 is 27.7. The monoisotopic (exact) mass is 389 g/mol. The standard InChI is InChI=1S/C18H21F2N3.2ClH/c1-12-8-15(22-17(21)9-12)5-4-14-10-13(6-7-23(2)3)11-16(19)18(14)20;;/h4-5,8-11H,6-7H2,1-3H3,(H2,21,22);2*1H/b5-4+;;. The van der Waals surface area contributed by atoms with Gasteiger partial charge in [0.25, 0.3) is 0 Å². The van der Waals surface area contributed by atoms with Crippen LogP contribution in [0.3, 0.4) is 0 Å². The molecule has 0 aliphatic carbocycles. The Morgan fingerprint density at radius 3 is 2.36 bits per heavy atom. The lowest BCUT2D eigenvalue weighted by Gasteiger charge is -2.10. The highest BCUT2D eigenvalue weighted by atomic mass is 35.5. The second-order valence-electron chi connectivity index (χ2n) is 5.86. The minimum Gasteiger partial charge on any atom is -0.384 e. The molecule has 1 heterocycles. The molecule has 25 heavy (non-hydrogen) atoms. The third-order valence-corrected chi connectivity index (χ3v) is 3.41. The minimum atomic E-state index is -0.851. The summed E-state index contributed by atoms with van der Waals surface area (Å²) in [5, 5.41) is 0. The summed E-state index contributed by atoms with van der Waals surface area (Å²) in [7, 11) is 3.88. The first-order valence-electron chi connectivity index (χ1n) is 7.40. The number of halogens is 4. The Morgan fingerprint density at radius 2 is 1.76 bits per heavy atom. The van der Waals surface area contributed by atoms with Gasteiger partial charge >= 0.3 is 0 Å². The van der Waals surface area contributed by atoms with Crippen LogP contribution in [0.2, 0.25) is 0 Å². The number of nitrogens with two attached hydrogens (primary N) is 1. The van der Waals surface area contributed by atoms with Gasteiger partial charge in [0.15, 0.2) is 11.6 Å². The zero-order chi connectivity index (χ0) is 17.0. The van der Waals surface area contributed by atoms with E-state index in [-0.39, 0.29) is 30.4 Å². The number of rotatable bonds is 5. The van der Waals surface area contributed by atoms with E-state index in [0.29, 0.717) is 17.9 Å². The molecule has 0 fully saturated rings. The minimum absolute atomic E-state index is 0. The molecule has 0 atom stereocenters. The Bertz CT molecular complexity index is 714. The molecule has 0 spiro atoms. The van der Waals surface area contributed by atoms with Crippen LogP contribution >= 0.6 is 24.8 Å². The highest BCUT2D eigenvalue weighted by Crippen LogP contribution is 2.19. The number of anilines is 1. The van der Waals surface area contributed by atoms with Gasteiger partial charge < -0.3 is 10.6 Å². The maximum absolute atomic E-state index is 14.0. The van der Waals surface area contributed by atoms with Crippen molar-refractivity contribution >= 4 is 42.8 Å². The molecule has 0 bridgehead atoms. The molecule has 0 saturated carbocycles. The fourth-order valence-corrected chi connectivity index (χ4v) is 2.27. The Hall–Kier alpha value is -1.69. The van der Waals surface area contributed by atoms with Crippen molar-refractivity contribution in [2.75, 3.05) is 26.4 Å². The van der Waals surface area contributed by atoms with Crippen molar-refractivity contribution in [2.24, 2.45) is 0 Å². The van der Waals surface area contributed by atoms with Gasteiger partial charge in [0.2, 0.25) is 0 Å². The lowest BCUT2D eigenvalue weighted by Crippen LogP contribution is -2.15. The van der Waals surface area contributed by atoms with Crippen molar-refractivity contribution in [3.8, 4) is 0 Å². The maximum Gasteiger partial charge on any atom is 0.166 e. The average molecular weight is 390 g/mol. The fraction of sp³-hybridized carbons (Fsp3) is 0.278. The molecule has 7 heteroatoms. The predicted molar refractivity (Wildman–Crippen MR) is 105 cm³/mol. The van der Waals surface area contributed by atoms with E-state index in [2.05, 4.69) is 4.98 Å². The number of hydrogen-bond donors (Lipinski definition) is 1. The third kappa shape index (κ3) is 6.98. The number of pyridine rings is 1. The van der Waals surface area contributed by atoms with Crippen molar-refractivity contribution in [3.05, 3.63) is 58.3 Å². The van der Waals surface area contributed by atoms with Crippen LogP contribution in [0, 0.1) is 18.6 Å². The molecule has 138 valence electrons. The van der Waals surface area contributed by atoms with Crippen LogP contribution < -0.4 is 5.73 Å². The number of hydrogen-bond acceptors (Lipinski definition) is 3. The van der Waals surface area contributed by atoms with Gasteiger partial charge in [0.05, 0.1) is 5.69 Å². The smallest absolute Gasteiger partial charge is 0.166 e. The number of aromatic nitrogens is 1. The van der Waals surface area contributed by atoms with Gasteiger partial charge in [-0.25, -0.2) is 13.8 Å². The number of benzene rings is 1. The zero-order valence-electron chi connectivity index (χ0n) is 14.4. The summed E-state index contributed by atoms with van der Waals surface area (Å²) >= 11 is 0. The number of aryl methyl sites for hydroxylation is 1. The Labute approximate surface area is 159 Å². The van der Waals surface area contributed by atoms with Gasteiger partial charge in [-0.15, -0.1) is 24.8 Å². The Balaban J connectivity index is 0.00000288. The molecular formula is C18H23Cl2F2N3. The third-order valence-electron chi connectivity index (χ3n) is 3.41. The number of nitrogens with zero attached hydrogens (tertiary/aromatic N) is 2. The van der Waals surface area contributed by atoms with Crippen LogP contribution in [0.15, 0.2) is 24.3 Å². The zero-order valence-corrected chi connectivity index (χ0v) is 16.1. The Kier molecular flexibility index (Phi) is 9.64. The largest absolute Gasteiger partial charge is 0.384 e. The van der Waals surface area contributed by atoms with E-state index >= 15 is 0 Å². The van der Waals surface area contributed by atoms with E-state index < -0.39 is 11.6 Å². The van der Waals surface area contributed by atoms with E-state index in [9.17, 15) is 8.78 Å². The van der Waals surface area contributed by atoms with Crippen molar-refractivity contribution in [1.29, 1.82) is 0 Å². The maximum atomic E-state index is 14.0. The molecule has 0 unspecified atom stereocenters. The van der Waals surface area contributed by atoms with Crippen molar-refractivity contribution in [3.63, 3.8) is 0 Å². The number of nitrogen functional groups attached to an aromatic ring is 1. The molecule has 2 N–H and O–H groups in total. The molecule has 0 saturated heterocycles. The quantitative estimate of drug-likeness (QED) is 0.825. The molecular weight excluding hydrogens is 367 g/mol. The van der Waals surface area contributed by atoms with Crippen LogP contribution in [-0.4, -0.2) is 30.5 Å². The highest BCUT2D eigenvalue weighted by Gasteiger charge is 2.09. The first-order valence-corrected chi connectivity index (χ1v) is 7.40. The molecule has 0 aliphatic heterocycles. The van der Waals surface area contributed by atoms with Gasteiger partial charge in [-0.2, -0.15) is 0 Å². The van der Waals surface area contributed by atoms with Crippen LogP contribution in [-0.2, 0) is 6.42 Å². The highest BCUT2D eigenvalue weighted by molar-refractivity contribution is 5.85. The molecule has 2 rings (SSSR count). The van der Waals surface area contributed by atoms with Crippen LogP contribution in [0.5, 0.6) is 0 Å². The lowest BCUT2D eigenvalue weighted by atomic mass is 10.1. The van der Waals surface area contributed by atoms with E-state index in [1.54, 1.807) is 18.2 Å². The molecule has 0 aliphatic rings. The first-order chi connectivity index (χ1) is 10.8. The van der Waals surface area contributed by atoms with Crippen LogP contribution in [0.25, 0.3) is 12.2 Å². The van der Waals surface area contributed by atoms with Gasteiger partial charge in [-0.3, -0.25) is 0 Å². The molecule has 2 aromatic rings. The molecule has 1 aromatic carbocycles. The van der Waals surface area contributed by atoms with Gasteiger partial charge in [0, 0.05) is 12.1 Å².